The van der Waals surface area contributed by atoms with Gasteiger partial charge in [-0.15, -0.1) is 0 Å². The first kappa shape index (κ1) is 15.3. The quantitative estimate of drug-likeness (QED) is 0.367. The third-order valence-electron chi connectivity index (χ3n) is 3.32. The van der Waals surface area contributed by atoms with Crippen molar-refractivity contribution in [1.29, 1.82) is 0 Å². The molecule has 0 spiro atoms. The molecule has 4 aromatic carbocycles. The predicted molar refractivity (Wildman–Crippen MR) is 87.9 cm³/mol. The molecule has 0 N–H and O–H groups in total. The average Bonchev–Trinajstić information content (AvgIpc) is 2.56. The fourth-order valence-corrected chi connectivity index (χ4v) is 2.27. The number of hydrogen-bond donors (Lipinski definition) is 0. The number of hydrogen-bond acceptors (Lipinski definition) is 0. The molecule has 4 aromatic rings. The van der Waals surface area contributed by atoms with E-state index in [0.29, 0.717) is 0 Å². The monoisotopic (exact) mass is 312 g/mol. The van der Waals surface area contributed by atoms with Crippen LogP contribution in [0.4, 0.5) is 0 Å². The molecule has 21 heavy (non-hydrogen) atoms. The molecule has 0 atom stereocenters. The van der Waals surface area contributed by atoms with Gasteiger partial charge in [0.15, 0.2) is 0 Å². The fraction of sp³-hybridized carbons (Fsp3) is 0. The first-order chi connectivity index (χ1) is 9.93. The van der Waals surface area contributed by atoms with E-state index in [1.165, 1.54) is 21.5 Å². The second-order valence-electron chi connectivity index (χ2n) is 4.69. The van der Waals surface area contributed by atoms with Crippen LogP contribution in [0, 0.1) is 0 Å². The first-order valence-corrected chi connectivity index (χ1v) is 6.81. The van der Waals surface area contributed by atoms with E-state index in [9.17, 15) is 0 Å². The number of benzene rings is 4. The van der Waals surface area contributed by atoms with Gasteiger partial charge in [-0.1, -0.05) is 97.1 Å². The van der Waals surface area contributed by atoms with Gasteiger partial charge in [0.2, 0.25) is 0 Å². The Hall–Kier alpha value is -2.08. The molecule has 0 saturated carbocycles. The molecule has 104 valence electrons. The molecule has 0 saturated heterocycles. The molecule has 0 heterocycles. The van der Waals surface area contributed by atoms with Gasteiger partial charge in [0, 0.05) is 17.1 Å². The zero-order valence-electron chi connectivity index (χ0n) is 11.6. The minimum absolute atomic E-state index is 0. The smallest absolute Gasteiger partial charge is 0 e. The molecular formula is C20H16Fe. The second kappa shape index (κ2) is 7.64. The Morgan fingerprint density at radius 3 is 0.571 bits per heavy atom. The maximum absolute atomic E-state index is 2.12. The van der Waals surface area contributed by atoms with Crippen LogP contribution in [0.2, 0.25) is 0 Å². The molecule has 0 aromatic heterocycles. The first-order valence-electron chi connectivity index (χ1n) is 6.81. The van der Waals surface area contributed by atoms with Crippen molar-refractivity contribution in [2.24, 2.45) is 0 Å². The zero-order chi connectivity index (χ0) is 13.6. The van der Waals surface area contributed by atoms with E-state index in [1.54, 1.807) is 0 Å². The summed E-state index contributed by atoms with van der Waals surface area (Å²) in [7, 11) is 0. The van der Waals surface area contributed by atoms with E-state index >= 15 is 0 Å². The summed E-state index contributed by atoms with van der Waals surface area (Å²) in [4.78, 5) is 0. The molecular weight excluding hydrogens is 296 g/mol. The second-order valence-corrected chi connectivity index (χ2v) is 4.69. The summed E-state index contributed by atoms with van der Waals surface area (Å²) >= 11 is 0. The fourth-order valence-electron chi connectivity index (χ4n) is 2.27. The van der Waals surface area contributed by atoms with Gasteiger partial charge in [-0.25, -0.2) is 0 Å². The zero-order valence-corrected chi connectivity index (χ0v) is 12.7. The predicted octanol–water partition coefficient (Wildman–Crippen LogP) is 5.68. The van der Waals surface area contributed by atoms with Gasteiger partial charge in [0.25, 0.3) is 0 Å². The van der Waals surface area contributed by atoms with Crippen molar-refractivity contribution in [3.63, 3.8) is 0 Å². The minimum atomic E-state index is 0. The Labute approximate surface area is 135 Å². The van der Waals surface area contributed by atoms with E-state index in [1.807, 2.05) is 0 Å². The van der Waals surface area contributed by atoms with Crippen LogP contribution in [-0.4, -0.2) is 0 Å². The van der Waals surface area contributed by atoms with Gasteiger partial charge in [-0.05, 0) is 21.5 Å². The summed E-state index contributed by atoms with van der Waals surface area (Å²) in [6.07, 6.45) is 0. The van der Waals surface area contributed by atoms with Crippen molar-refractivity contribution < 1.29 is 17.1 Å². The average molecular weight is 312 g/mol. The van der Waals surface area contributed by atoms with Crippen molar-refractivity contribution in [3.8, 4) is 0 Å². The molecule has 0 fully saturated rings. The number of rotatable bonds is 0. The van der Waals surface area contributed by atoms with Crippen LogP contribution in [0.3, 0.4) is 0 Å². The summed E-state index contributed by atoms with van der Waals surface area (Å²) < 4.78 is 0. The normalized spacial score (nSPS) is 9.52. The van der Waals surface area contributed by atoms with Crippen molar-refractivity contribution in [1.82, 2.24) is 0 Å². The van der Waals surface area contributed by atoms with Crippen molar-refractivity contribution >= 4 is 21.5 Å². The van der Waals surface area contributed by atoms with E-state index in [0.717, 1.165) is 0 Å². The van der Waals surface area contributed by atoms with Crippen molar-refractivity contribution in [3.05, 3.63) is 97.1 Å². The van der Waals surface area contributed by atoms with Crippen LogP contribution >= 0.6 is 0 Å². The molecule has 0 amide bonds. The molecule has 0 unspecified atom stereocenters. The minimum Gasteiger partial charge on any atom is -0.0616 e. The standard InChI is InChI=1S/2C10H8.Fe/c2*1-2-6-10-8-4-3-7-9(10)5-1;/h2*1-8H;. The summed E-state index contributed by atoms with van der Waals surface area (Å²) in [5.41, 5.74) is 0. The summed E-state index contributed by atoms with van der Waals surface area (Å²) in [6, 6.07) is 33.4. The van der Waals surface area contributed by atoms with E-state index < -0.39 is 0 Å². The Balaban J connectivity index is 0.000000147. The summed E-state index contributed by atoms with van der Waals surface area (Å²) in [5.74, 6) is 0. The molecule has 4 rings (SSSR count). The molecule has 1 heteroatoms. The van der Waals surface area contributed by atoms with Crippen LogP contribution in [-0.2, 0) is 17.1 Å². The molecule has 0 bridgehead atoms. The number of fused-ring (bicyclic) bond motifs is 2. The van der Waals surface area contributed by atoms with Crippen LogP contribution < -0.4 is 0 Å². The van der Waals surface area contributed by atoms with Crippen LogP contribution in [0.25, 0.3) is 21.5 Å². The van der Waals surface area contributed by atoms with E-state index in [2.05, 4.69) is 97.1 Å². The molecule has 0 radical (unpaired) electrons. The SMILES string of the molecule is [Fe].c1ccc2ccccc2c1.c1ccc2ccccc2c1. The maximum Gasteiger partial charge on any atom is 0 e. The Kier molecular flexibility index (Phi) is 5.57. The van der Waals surface area contributed by atoms with Gasteiger partial charge in [-0.2, -0.15) is 0 Å². The molecule has 0 aliphatic rings. The summed E-state index contributed by atoms with van der Waals surface area (Å²) in [6.45, 7) is 0. The van der Waals surface area contributed by atoms with Crippen LogP contribution in [0.1, 0.15) is 0 Å². The summed E-state index contributed by atoms with van der Waals surface area (Å²) in [5, 5.41) is 5.24. The Morgan fingerprint density at radius 1 is 0.286 bits per heavy atom. The third-order valence-corrected chi connectivity index (χ3v) is 3.32. The molecule has 0 aliphatic heterocycles. The Bertz CT molecular complexity index is 619. The topological polar surface area (TPSA) is 0 Å². The van der Waals surface area contributed by atoms with Gasteiger partial charge in [0.1, 0.15) is 0 Å². The van der Waals surface area contributed by atoms with Gasteiger partial charge in [-0.3, -0.25) is 0 Å². The van der Waals surface area contributed by atoms with Gasteiger partial charge in [0.05, 0.1) is 0 Å². The largest absolute Gasteiger partial charge is 0.0616 e. The van der Waals surface area contributed by atoms with E-state index in [4.69, 9.17) is 0 Å². The van der Waals surface area contributed by atoms with Crippen LogP contribution in [0.15, 0.2) is 97.1 Å². The third kappa shape index (κ3) is 3.95. The van der Waals surface area contributed by atoms with Crippen molar-refractivity contribution in [2.45, 2.75) is 0 Å². The Morgan fingerprint density at radius 2 is 0.429 bits per heavy atom. The van der Waals surface area contributed by atoms with E-state index in [-0.39, 0.29) is 17.1 Å². The maximum atomic E-state index is 2.12. The molecule has 0 nitrogen and oxygen atoms in total. The van der Waals surface area contributed by atoms with Crippen LogP contribution in [0.5, 0.6) is 0 Å². The van der Waals surface area contributed by atoms with Crippen molar-refractivity contribution in [2.75, 3.05) is 0 Å². The molecule has 0 aliphatic carbocycles. The van der Waals surface area contributed by atoms with Gasteiger partial charge >= 0.3 is 0 Å². The van der Waals surface area contributed by atoms with Gasteiger partial charge < -0.3 is 0 Å².